The van der Waals surface area contributed by atoms with Gasteiger partial charge in [-0.15, -0.1) is 10.2 Å². The normalized spacial score (nSPS) is 16.3. The standard InChI is InChI=1S/C16H16BrF3N4O/c1-9-21-14(23-22-9)10-2-3-12(13(17)8-10)15(25)24-6-4-11(5-7-24)16(18,19)20/h2-3,8,11H,4-7H2,1H3,(H,21,22,23). The van der Waals surface area contributed by atoms with Gasteiger partial charge in [-0.25, -0.2) is 0 Å². The molecule has 0 radical (unpaired) electrons. The molecule has 1 aromatic carbocycles. The molecule has 9 heteroatoms. The Kier molecular flexibility index (Phi) is 4.86. The molecular formula is C16H16BrF3N4O. The van der Waals surface area contributed by atoms with Crippen molar-refractivity contribution in [1.29, 1.82) is 0 Å². The number of aromatic amines is 1. The van der Waals surface area contributed by atoms with Gasteiger partial charge in [0.25, 0.3) is 5.91 Å². The number of carbonyl (C=O) groups excluding carboxylic acids is 1. The molecule has 0 spiro atoms. The number of alkyl halides is 3. The molecule has 1 amide bonds. The average Bonchev–Trinajstić information content (AvgIpc) is 3.00. The Balaban J connectivity index is 1.73. The number of rotatable bonds is 2. The van der Waals surface area contributed by atoms with Crippen molar-refractivity contribution in [3.63, 3.8) is 0 Å². The zero-order valence-corrected chi connectivity index (χ0v) is 15.0. The second-order valence-electron chi connectivity index (χ2n) is 6.06. The molecule has 25 heavy (non-hydrogen) atoms. The van der Waals surface area contributed by atoms with Crippen molar-refractivity contribution in [2.75, 3.05) is 13.1 Å². The summed E-state index contributed by atoms with van der Waals surface area (Å²) in [5.74, 6) is -0.327. The van der Waals surface area contributed by atoms with Crippen LogP contribution in [0.15, 0.2) is 22.7 Å². The summed E-state index contributed by atoms with van der Waals surface area (Å²) in [5.41, 5.74) is 1.19. The first-order valence-corrected chi connectivity index (χ1v) is 8.60. The molecule has 0 unspecified atom stereocenters. The van der Waals surface area contributed by atoms with Crippen LogP contribution >= 0.6 is 15.9 Å². The second kappa shape index (κ2) is 6.78. The monoisotopic (exact) mass is 416 g/mol. The third-order valence-corrected chi connectivity index (χ3v) is 4.97. The summed E-state index contributed by atoms with van der Waals surface area (Å²) >= 11 is 3.37. The van der Waals surface area contributed by atoms with Crippen molar-refractivity contribution in [3.8, 4) is 11.4 Å². The van der Waals surface area contributed by atoms with E-state index in [1.165, 1.54) is 4.90 Å². The van der Waals surface area contributed by atoms with Crippen molar-refractivity contribution in [2.45, 2.75) is 25.9 Å². The second-order valence-corrected chi connectivity index (χ2v) is 6.92. The largest absolute Gasteiger partial charge is 0.391 e. The van der Waals surface area contributed by atoms with Gasteiger partial charge in [-0.1, -0.05) is 6.07 Å². The van der Waals surface area contributed by atoms with Crippen molar-refractivity contribution in [2.24, 2.45) is 5.92 Å². The van der Waals surface area contributed by atoms with Gasteiger partial charge >= 0.3 is 6.18 Å². The van der Waals surface area contributed by atoms with Gasteiger partial charge in [0.2, 0.25) is 0 Å². The number of carbonyl (C=O) groups is 1. The van der Waals surface area contributed by atoms with Gasteiger partial charge in [-0.2, -0.15) is 13.2 Å². The number of hydrogen-bond donors (Lipinski definition) is 1. The van der Waals surface area contributed by atoms with Crippen LogP contribution in [0.2, 0.25) is 0 Å². The van der Waals surface area contributed by atoms with Gasteiger partial charge in [0.15, 0.2) is 5.82 Å². The van der Waals surface area contributed by atoms with Crippen LogP contribution < -0.4 is 0 Å². The van der Waals surface area contributed by atoms with E-state index in [4.69, 9.17) is 0 Å². The van der Waals surface area contributed by atoms with Crippen LogP contribution in [0, 0.1) is 12.8 Å². The Morgan fingerprint density at radius 2 is 1.96 bits per heavy atom. The number of nitrogens with zero attached hydrogens (tertiary/aromatic N) is 3. The fourth-order valence-corrected chi connectivity index (χ4v) is 3.44. The molecule has 0 atom stereocenters. The highest BCUT2D eigenvalue weighted by atomic mass is 79.9. The Morgan fingerprint density at radius 3 is 2.48 bits per heavy atom. The summed E-state index contributed by atoms with van der Waals surface area (Å²) < 4.78 is 38.8. The van der Waals surface area contributed by atoms with Crippen LogP contribution in [0.5, 0.6) is 0 Å². The van der Waals surface area contributed by atoms with Crippen LogP contribution in [-0.4, -0.2) is 45.3 Å². The maximum Gasteiger partial charge on any atom is 0.391 e. The lowest BCUT2D eigenvalue weighted by Gasteiger charge is -2.33. The van der Waals surface area contributed by atoms with Crippen LogP contribution in [0.4, 0.5) is 13.2 Å². The van der Waals surface area contributed by atoms with Crippen LogP contribution in [0.25, 0.3) is 11.4 Å². The molecule has 1 aromatic heterocycles. The molecule has 2 heterocycles. The fraction of sp³-hybridized carbons (Fsp3) is 0.438. The molecular weight excluding hydrogens is 401 g/mol. The maximum atomic E-state index is 12.7. The number of halogens is 4. The van der Waals surface area contributed by atoms with Gasteiger partial charge in [-0.05, 0) is 47.8 Å². The zero-order valence-electron chi connectivity index (χ0n) is 13.4. The third-order valence-electron chi connectivity index (χ3n) is 4.32. The Morgan fingerprint density at radius 1 is 1.28 bits per heavy atom. The minimum Gasteiger partial charge on any atom is -0.339 e. The molecule has 0 bridgehead atoms. The number of nitrogens with one attached hydrogen (secondary N) is 1. The average molecular weight is 417 g/mol. The maximum absolute atomic E-state index is 12.7. The van der Waals surface area contributed by atoms with Crippen molar-refractivity contribution in [3.05, 3.63) is 34.1 Å². The molecule has 1 saturated heterocycles. The first-order valence-electron chi connectivity index (χ1n) is 7.81. The molecule has 3 rings (SSSR count). The van der Waals surface area contributed by atoms with E-state index in [-0.39, 0.29) is 31.8 Å². The fourth-order valence-electron chi connectivity index (χ4n) is 2.89. The summed E-state index contributed by atoms with van der Waals surface area (Å²) in [4.78, 5) is 17.1. The van der Waals surface area contributed by atoms with E-state index in [2.05, 4.69) is 31.1 Å². The first kappa shape index (κ1) is 17.9. The topological polar surface area (TPSA) is 61.9 Å². The highest BCUT2D eigenvalue weighted by Gasteiger charge is 2.41. The number of amides is 1. The predicted molar refractivity (Wildman–Crippen MR) is 88.9 cm³/mol. The zero-order chi connectivity index (χ0) is 18.2. The van der Waals surface area contributed by atoms with Crippen LogP contribution in [-0.2, 0) is 0 Å². The van der Waals surface area contributed by atoms with Crippen molar-refractivity contribution < 1.29 is 18.0 Å². The van der Waals surface area contributed by atoms with Gasteiger partial charge < -0.3 is 9.88 Å². The van der Waals surface area contributed by atoms with Gasteiger partial charge in [0, 0.05) is 23.1 Å². The van der Waals surface area contributed by atoms with E-state index < -0.39 is 12.1 Å². The number of H-pyrrole nitrogens is 1. The molecule has 0 aliphatic carbocycles. The van der Waals surface area contributed by atoms with Gasteiger partial charge in [0.1, 0.15) is 5.82 Å². The highest BCUT2D eigenvalue weighted by Crippen LogP contribution is 2.35. The Labute approximate surface area is 150 Å². The molecule has 5 nitrogen and oxygen atoms in total. The lowest BCUT2D eigenvalue weighted by molar-refractivity contribution is -0.183. The van der Waals surface area contributed by atoms with E-state index in [0.29, 0.717) is 21.7 Å². The summed E-state index contributed by atoms with van der Waals surface area (Å²) in [6, 6.07) is 5.13. The lowest BCUT2D eigenvalue weighted by atomic mass is 9.96. The predicted octanol–water partition coefficient (Wildman–Crippen LogP) is 3.96. The molecule has 1 N–H and O–H groups in total. The molecule has 1 aliphatic heterocycles. The SMILES string of the molecule is Cc1nnc(-c2ccc(C(=O)N3CCC(C(F)(F)F)CC3)c(Br)c2)[nH]1. The summed E-state index contributed by atoms with van der Waals surface area (Å²) in [6.07, 6.45) is -4.29. The smallest absolute Gasteiger partial charge is 0.339 e. The van der Waals surface area contributed by atoms with E-state index >= 15 is 0 Å². The van der Waals surface area contributed by atoms with Crippen molar-refractivity contribution >= 4 is 21.8 Å². The van der Waals surface area contributed by atoms with Crippen molar-refractivity contribution in [1.82, 2.24) is 20.1 Å². The van der Waals surface area contributed by atoms with Gasteiger partial charge in [-0.3, -0.25) is 4.79 Å². The number of aromatic nitrogens is 3. The minimum atomic E-state index is -4.19. The number of piperidine rings is 1. The summed E-state index contributed by atoms with van der Waals surface area (Å²) in [7, 11) is 0. The van der Waals surface area contributed by atoms with E-state index in [0.717, 1.165) is 5.56 Å². The Hall–Kier alpha value is -1.90. The first-order chi connectivity index (χ1) is 11.8. The number of hydrogen-bond acceptors (Lipinski definition) is 3. The highest BCUT2D eigenvalue weighted by molar-refractivity contribution is 9.10. The molecule has 1 aliphatic rings. The number of likely N-dealkylation sites (tertiary alicyclic amines) is 1. The van der Waals surface area contributed by atoms with E-state index in [9.17, 15) is 18.0 Å². The van der Waals surface area contributed by atoms with Crippen LogP contribution in [0.1, 0.15) is 29.0 Å². The molecule has 134 valence electrons. The van der Waals surface area contributed by atoms with Crippen LogP contribution in [0.3, 0.4) is 0 Å². The quantitative estimate of drug-likeness (QED) is 0.805. The summed E-state index contributed by atoms with van der Waals surface area (Å²) in [6.45, 7) is 2.00. The van der Waals surface area contributed by atoms with E-state index in [1.807, 2.05) is 0 Å². The minimum absolute atomic E-state index is 0.0533. The van der Waals surface area contributed by atoms with Gasteiger partial charge in [0.05, 0.1) is 11.5 Å². The molecule has 1 fully saturated rings. The Bertz CT molecular complexity index is 782. The lowest BCUT2D eigenvalue weighted by Crippen LogP contribution is -2.42. The van der Waals surface area contributed by atoms with E-state index in [1.54, 1.807) is 25.1 Å². The molecule has 2 aromatic rings. The number of benzene rings is 1. The number of aryl methyl sites for hydroxylation is 1. The third kappa shape index (κ3) is 3.86. The summed E-state index contributed by atoms with van der Waals surface area (Å²) in [5, 5.41) is 7.89. The molecule has 0 saturated carbocycles.